The van der Waals surface area contributed by atoms with Crippen molar-refractivity contribution in [2.75, 3.05) is 6.54 Å². The van der Waals surface area contributed by atoms with Crippen LogP contribution in [0, 0.1) is 11.9 Å². The van der Waals surface area contributed by atoms with E-state index in [1.54, 1.807) is 12.3 Å². The van der Waals surface area contributed by atoms with Crippen LogP contribution in [-0.2, 0) is 0 Å². The Morgan fingerprint density at radius 3 is 2.86 bits per heavy atom. The number of nitrogens with one attached hydrogen (secondary N) is 1. The molecule has 3 rings (SSSR count). The van der Waals surface area contributed by atoms with Crippen LogP contribution >= 0.6 is 0 Å². The Morgan fingerprint density at radius 1 is 1.43 bits per heavy atom. The van der Waals surface area contributed by atoms with Gasteiger partial charge in [0.2, 0.25) is 5.95 Å². The molecule has 0 saturated carbocycles. The van der Waals surface area contributed by atoms with E-state index < -0.39 is 5.95 Å². The quantitative estimate of drug-likeness (QED) is 0.680. The summed E-state index contributed by atoms with van der Waals surface area (Å²) in [4.78, 5) is 3.67. The Hall–Kier alpha value is -1.22. The minimum absolute atomic E-state index is 0.409. The van der Waals surface area contributed by atoms with E-state index in [0.29, 0.717) is 6.04 Å². The van der Waals surface area contributed by atoms with Crippen molar-refractivity contribution in [2.24, 2.45) is 5.92 Å². The van der Waals surface area contributed by atoms with Gasteiger partial charge >= 0.3 is 0 Å². The van der Waals surface area contributed by atoms with Crippen LogP contribution in [0.25, 0.3) is 5.57 Å². The fourth-order valence-corrected chi connectivity index (χ4v) is 2.16. The number of pyridine rings is 1. The molecule has 2 atom stereocenters. The van der Waals surface area contributed by atoms with Gasteiger partial charge in [-0.3, -0.25) is 0 Å². The lowest BCUT2D eigenvalue weighted by atomic mass is 9.94. The predicted octanol–water partition coefficient (Wildman–Crippen LogP) is 1.60. The second-order valence-electron chi connectivity index (χ2n) is 3.96. The number of allylic oxidation sites excluding steroid dienone is 1. The zero-order valence-corrected chi connectivity index (χ0v) is 7.70. The fourth-order valence-electron chi connectivity index (χ4n) is 2.16. The number of fused-ring (bicyclic) bond motifs is 1. The van der Waals surface area contributed by atoms with Crippen LogP contribution in [0.1, 0.15) is 12.0 Å². The largest absolute Gasteiger partial charge is 0.310 e. The van der Waals surface area contributed by atoms with Gasteiger partial charge in [0.25, 0.3) is 0 Å². The van der Waals surface area contributed by atoms with E-state index in [1.165, 1.54) is 11.6 Å². The van der Waals surface area contributed by atoms with Gasteiger partial charge in [-0.25, -0.2) is 4.98 Å². The molecule has 3 heteroatoms. The van der Waals surface area contributed by atoms with E-state index in [2.05, 4.69) is 16.4 Å². The molecule has 1 aromatic rings. The number of halogens is 1. The summed E-state index contributed by atoms with van der Waals surface area (Å²) in [6.45, 7) is 1.11. The summed E-state index contributed by atoms with van der Waals surface area (Å²) in [6, 6.07) is 3.78. The average Bonchev–Trinajstić information content (AvgIpc) is 2.45. The Morgan fingerprint density at radius 2 is 2.36 bits per heavy atom. The van der Waals surface area contributed by atoms with Gasteiger partial charge in [-0.15, -0.1) is 0 Å². The van der Waals surface area contributed by atoms with Gasteiger partial charge in [0.05, 0.1) is 0 Å². The molecule has 1 aromatic heterocycles. The molecule has 0 amide bonds. The van der Waals surface area contributed by atoms with Gasteiger partial charge in [-0.2, -0.15) is 4.39 Å². The topological polar surface area (TPSA) is 24.9 Å². The summed E-state index contributed by atoms with van der Waals surface area (Å²) in [5.74, 6) is 0.350. The molecular formula is C11H11FN2. The van der Waals surface area contributed by atoms with E-state index in [0.717, 1.165) is 24.4 Å². The molecule has 1 aliphatic carbocycles. The van der Waals surface area contributed by atoms with E-state index in [9.17, 15) is 4.39 Å². The van der Waals surface area contributed by atoms with Crippen LogP contribution in [0.3, 0.4) is 0 Å². The number of hydrogen-bond acceptors (Lipinski definition) is 2. The first-order valence-electron chi connectivity index (χ1n) is 4.89. The minimum Gasteiger partial charge on any atom is -0.310 e. The van der Waals surface area contributed by atoms with Crippen molar-refractivity contribution >= 4 is 5.57 Å². The average molecular weight is 190 g/mol. The summed E-state index contributed by atoms with van der Waals surface area (Å²) in [6.07, 6.45) is 4.96. The maximum Gasteiger partial charge on any atom is 0.212 e. The third kappa shape index (κ3) is 1.16. The number of hydrogen-bond donors (Lipinski definition) is 1. The molecule has 1 fully saturated rings. The van der Waals surface area contributed by atoms with Gasteiger partial charge in [-0.1, -0.05) is 6.08 Å². The smallest absolute Gasteiger partial charge is 0.212 e. The standard InChI is InChI=1S/C11H11FN2/c12-11-2-1-7(5-14-11)8-3-9-6-13-10(9)4-8/h1-2,4-5,9-10,13H,3,6H2/t9-,10-/m1/s1. The Kier molecular flexibility index (Phi) is 1.67. The molecule has 0 radical (unpaired) electrons. The van der Waals surface area contributed by atoms with Gasteiger partial charge in [0.1, 0.15) is 0 Å². The van der Waals surface area contributed by atoms with Gasteiger partial charge < -0.3 is 5.32 Å². The number of aromatic nitrogens is 1. The summed E-state index contributed by atoms with van der Waals surface area (Å²) in [5.41, 5.74) is 2.36. The van der Waals surface area contributed by atoms with Crippen molar-refractivity contribution in [1.29, 1.82) is 0 Å². The molecule has 0 aromatic carbocycles. The molecule has 2 nitrogen and oxygen atoms in total. The second-order valence-corrected chi connectivity index (χ2v) is 3.96. The zero-order valence-electron chi connectivity index (χ0n) is 7.70. The molecule has 2 aliphatic rings. The Balaban J connectivity index is 1.89. The first-order valence-corrected chi connectivity index (χ1v) is 4.89. The van der Waals surface area contributed by atoms with E-state index >= 15 is 0 Å². The molecule has 72 valence electrons. The number of rotatable bonds is 1. The Bertz CT molecular complexity index is 383. The van der Waals surface area contributed by atoms with Crippen LogP contribution < -0.4 is 5.32 Å². The van der Waals surface area contributed by atoms with Crippen molar-refractivity contribution < 1.29 is 4.39 Å². The molecule has 2 heterocycles. The summed E-state index contributed by atoms with van der Waals surface area (Å²) in [5, 5.41) is 3.35. The zero-order chi connectivity index (χ0) is 9.54. The first kappa shape index (κ1) is 8.12. The lowest BCUT2D eigenvalue weighted by Crippen LogP contribution is -2.49. The molecule has 1 N–H and O–H groups in total. The monoisotopic (exact) mass is 190 g/mol. The summed E-state index contributed by atoms with van der Waals surface area (Å²) < 4.78 is 12.6. The molecule has 0 bridgehead atoms. The maximum atomic E-state index is 12.6. The minimum atomic E-state index is -0.409. The first-order chi connectivity index (χ1) is 6.83. The molecule has 1 saturated heterocycles. The van der Waals surface area contributed by atoms with Gasteiger partial charge in [0, 0.05) is 18.8 Å². The molecule has 14 heavy (non-hydrogen) atoms. The normalized spacial score (nSPS) is 29.4. The maximum absolute atomic E-state index is 12.6. The summed E-state index contributed by atoms with van der Waals surface area (Å²) in [7, 11) is 0. The SMILES string of the molecule is Fc1ccc(C2=C[C@H]3NC[C@H]3C2)cn1. The van der Waals surface area contributed by atoms with Crippen molar-refractivity contribution in [3.05, 3.63) is 35.9 Å². The molecular weight excluding hydrogens is 179 g/mol. The molecule has 0 spiro atoms. The van der Waals surface area contributed by atoms with Crippen LogP contribution in [0.4, 0.5) is 4.39 Å². The third-order valence-electron chi connectivity index (χ3n) is 3.08. The third-order valence-corrected chi connectivity index (χ3v) is 3.08. The fraction of sp³-hybridized carbons (Fsp3) is 0.364. The van der Waals surface area contributed by atoms with Crippen LogP contribution in [0.2, 0.25) is 0 Å². The lowest BCUT2D eigenvalue weighted by Gasteiger charge is -2.31. The van der Waals surface area contributed by atoms with Crippen molar-refractivity contribution in [2.45, 2.75) is 12.5 Å². The number of nitrogens with zero attached hydrogens (tertiary/aromatic N) is 1. The Labute approximate surface area is 81.9 Å². The van der Waals surface area contributed by atoms with Crippen LogP contribution in [0.15, 0.2) is 24.4 Å². The molecule has 1 aliphatic heterocycles. The highest BCUT2D eigenvalue weighted by Crippen LogP contribution is 2.35. The van der Waals surface area contributed by atoms with Crippen molar-refractivity contribution in [3.8, 4) is 0 Å². The highest BCUT2D eigenvalue weighted by molar-refractivity contribution is 5.68. The van der Waals surface area contributed by atoms with Crippen LogP contribution in [0.5, 0.6) is 0 Å². The van der Waals surface area contributed by atoms with E-state index in [-0.39, 0.29) is 0 Å². The highest BCUT2D eigenvalue weighted by Gasteiger charge is 2.34. The predicted molar refractivity (Wildman–Crippen MR) is 52.1 cm³/mol. The lowest BCUT2D eigenvalue weighted by molar-refractivity contribution is 0.301. The summed E-state index contributed by atoms with van der Waals surface area (Å²) >= 11 is 0. The molecule has 0 unspecified atom stereocenters. The van der Waals surface area contributed by atoms with Crippen molar-refractivity contribution in [3.63, 3.8) is 0 Å². The van der Waals surface area contributed by atoms with Crippen LogP contribution in [-0.4, -0.2) is 17.6 Å². The van der Waals surface area contributed by atoms with Gasteiger partial charge in [-0.05, 0) is 35.6 Å². The van der Waals surface area contributed by atoms with Crippen molar-refractivity contribution in [1.82, 2.24) is 10.3 Å². The highest BCUT2D eigenvalue weighted by atomic mass is 19.1. The van der Waals surface area contributed by atoms with Gasteiger partial charge in [0.15, 0.2) is 0 Å². The van der Waals surface area contributed by atoms with E-state index in [4.69, 9.17) is 0 Å². The van der Waals surface area contributed by atoms with E-state index in [1.807, 2.05) is 0 Å². The second kappa shape index (κ2) is 2.89.